The van der Waals surface area contributed by atoms with Gasteiger partial charge in [-0.25, -0.2) is 0 Å². The van der Waals surface area contributed by atoms with Crippen LogP contribution in [0.1, 0.15) is 12.8 Å². The maximum atomic E-state index is 11.3. The second-order valence-corrected chi connectivity index (χ2v) is 3.34. The Morgan fingerprint density at radius 1 is 1.62 bits per heavy atom. The molecule has 0 aliphatic rings. The van der Waals surface area contributed by atoms with Crippen molar-refractivity contribution in [2.24, 2.45) is 5.73 Å². The van der Waals surface area contributed by atoms with Gasteiger partial charge in [-0.2, -0.15) is 0 Å². The van der Waals surface area contributed by atoms with Gasteiger partial charge >= 0.3 is 0 Å². The van der Waals surface area contributed by atoms with Crippen molar-refractivity contribution in [1.82, 2.24) is 4.90 Å². The van der Waals surface area contributed by atoms with Crippen molar-refractivity contribution in [3.05, 3.63) is 0 Å². The number of ether oxygens (including phenoxy) is 1. The molecule has 4 nitrogen and oxygen atoms in total. The van der Waals surface area contributed by atoms with Gasteiger partial charge < -0.3 is 15.4 Å². The van der Waals surface area contributed by atoms with Crippen LogP contribution in [0.4, 0.5) is 0 Å². The molecular weight excluding hydrogens is 188 g/mol. The van der Waals surface area contributed by atoms with Crippen LogP contribution in [0, 0.1) is 0 Å². The summed E-state index contributed by atoms with van der Waals surface area (Å²) >= 11 is 4.69. The number of hydrogen-bond acceptors (Lipinski definition) is 3. The summed E-state index contributed by atoms with van der Waals surface area (Å²) in [5, 5.41) is 0. The van der Waals surface area contributed by atoms with E-state index in [-0.39, 0.29) is 5.91 Å². The van der Waals surface area contributed by atoms with Crippen molar-refractivity contribution in [3.8, 4) is 0 Å². The largest absolute Gasteiger partial charge is 0.392 e. The van der Waals surface area contributed by atoms with E-state index in [9.17, 15) is 4.79 Å². The molecule has 13 heavy (non-hydrogen) atoms. The standard InChI is InChI=1S/C8H16N2O2S/c1-10(6-7(9)13)8(11)4-3-5-12-2/h3-6H2,1-2H3,(H2,9,13). The monoisotopic (exact) mass is 204 g/mol. The molecule has 76 valence electrons. The van der Waals surface area contributed by atoms with Crippen LogP contribution in [0.3, 0.4) is 0 Å². The molecule has 0 aromatic rings. The highest BCUT2D eigenvalue weighted by Gasteiger charge is 2.08. The Labute approximate surface area is 84.0 Å². The zero-order valence-electron chi connectivity index (χ0n) is 8.08. The van der Waals surface area contributed by atoms with Crippen molar-refractivity contribution in [1.29, 1.82) is 0 Å². The van der Waals surface area contributed by atoms with Crippen LogP contribution in [-0.4, -0.2) is 43.1 Å². The fourth-order valence-corrected chi connectivity index (χ4v) is 1.07. The van der Waals surface area contributed by atoms with Crippen LogP contribution >= 0.6 is 12.2 Å². The first kappa shape index (κ1) is 12.3. The Balaban J connectivity index is 3.63. The van der Waals surface area contributed by atoms with E-state index in [0.717, 1.165) is 6.42 Å². The Kier molecular flexibility index (Phi) is 6.44. The fourth-order valence-electron chi connectivity index (χ4n) is 0.881. The average Bonchev–Trinajstić information content (AvgIpc) is 2.03. The molecule has 2 N–H and O–H groups in total. The minimum Gasteiger partial charge on any atom is -0.392 e. The molecule has 0 atom stereocenters. The van der Waals surface area contributed by atoms with Crippen molar-refractivity contribution < 1.29 is 9.53 Å². The summed E-state index contributed by atoms with van der Waals surface area (Å²) in [5.74, 6) is 0.0462. The number of nitrogens with two attached hydrogens (primary N) is 1. The molecule has 1 amide bonds. The highest BCUT2D eigenvalue weighted by atomic mass is 32.1. The van der Waals surface area contributed by atoms with E-state index in [1.54, 1.807) is 14.2 Å². The van der Waals surface area contributed by atoms with Crippen LogP contribution in [0.25, 0.3) is 0 Å². The summed E-state index contributed by atoms with van der Waals surface area (Å²) in [6, 6.07) is 0. The molecule has 0 aromatic carbocycles. The first-order chi connectivity index (χ1) is 6.07. The lowest BCUT2D eigenvalue weighted by Crippen LogP contribution is -2.34. The normalized spacial score (nSPS) is 9.69. The van der Waals surface area contributed by atoms with E-state index in [1.807, 2.05) is 0 Å². The van der Waals surface area contributed by atoms with Gasteiger partial charge in [0.15, 0.2) is 0 Å². The minimum absolute atomic E-state index is 0.0462. The Bertz CT molecular complexity index is 185. The second kappa shape index (κ2) is 6.80. The molecule has 0 saturated carbocycles. The first-order valence-electron chi connectivity index (χ1n) is 4.09. The number of amides is 1. The minimum atomic E-state index is 0.0462. The Hall–Kier alpha value is -0.680. The first-order valence-corrected chi connectivity index (χ1v) is 4.50. The van der Waals surface area contributed by atoms with Gasteiger partial charge in [-0.15, -0.1) is 0 Å². The maximum absolute atomic E-state index is 11.3. The molecule has 0 aliphatic heterocycles. The molecule has 0 rings (SSSR count). The molecule has 0 aliphatic carbocycles. The van der Waals surface area contributed by atoms with Crippen molar-refractivity contribution in [2.75, 3.05) is 27.3 Å². The summed E-state index contributed by atoms with van der Waals surface area (Å²) in [6.07, 6.45) is 1.21. The molecule has 0 aromatic heterocycles. The molecule has 0 spiro atoms. The average molecular weight is 204 g/mol. The maximum Gasteiger partial charge on any atom is 0.222 e. The van der Waals surface area contributed by atoms with Crippen molar-refractivity contribution in [2.45, 2.75) is 12.8 Å². The molecule has 0 heterocycles. The molecule has 0 fully saturated rings. The van der Waals surface area contributed by atoms with Crippen molar-refractivity contribution >= 4 is 23.1 Å². The number of thiocarbonyl (C=S) groups is 1. The number of nitrogens with zero attached hydrogens (tertiary/aromatic N) is 1. The van der Waals surface area contributed by atoms with Gasteiger partial charge in [-0.05, 0) is 6.42 Å². The zero-order valence-corrected chi connectivity index (χ0v) is 8.89. The fraction of sp³-hybridized carbons (Fsp3) is 0.750. The third-order valence-electron chi connectivity index (χ3n) is 1.56. The summed E-state index contributed by atoms with van der Waals surface area (Å²) in [6.45, 7) is 0.952. The predicted molar refractivity (Wildman–Crippen MR) is 55.5 cm³/mol. The summed E-state index contributed by atoms with van der Waals surface area (Å²) < 4.78 is 4.83. The SMILES string of the molecule is COCCCC(=O)N(C)CC(N)=S. The third kappa shape index (κ3) is 6.48. The predicted octanol–water partition coefficient (Wildman–Crippen LogP) is 0.158. The quantitative estimate of drug-likeness (QED) is 0.494. The lowest BCUT2D eigenvalue weighted by atomic mass is 10.3. The molecule has 0 radical (unpaired) electrons. The van der Waals surface area contributed by atoms with Crippen molar-refractivity contribution in [3.63, 3.8) is 0 Å². The van der Waals surface area contributed by atoms with Crippen LogP contribution in [0.15, 0.2) is 0 Å². The molecule has 0 unspecified atom stereocenters. The smallest absolute Gasteiger partial charge is 0.222 e. The van der Waals surface area contributed by atoms with Crippen LogP contribution in [-0.2, 0) is 9.53 Å². The zero-order chi connectivity index (χ0) is 10.3. The highest BCUT2D eigenvalue weighted by Crippen LogP contribution is 1.95. The van der Waals surface area contributed by atoms with E-state index < -0.39 is 0 Å². The molecule has 5 heteroatoms. The van der Waals surface area contributed by atoms with Gasteiger partial charge in [-0.3, -0.25) is 4.79 Å². The lowest BCUT2D eigenvalue weighted by Gasteiger charge is -2.15. The van der Waals surface area contributed by atoms with E-state index in [1.165, 1.54) is 4.90 Å². The van der Waals surface area contributed by atoms with Gasteiger partial charge in [0.05, 0.1) is 11.5 Å². The van der Waals surface area contributed by atoms with E-state index >= 15 is 0 Å². The summed E-state index contributed by atoms with van der Waals surface area (Å²) in [4.78, 5) is 13.2. The Morgan fingerprint density at radius 3 is 2.69 bits per heavy atom. The molecular formula is C8H16N2O2S. The van der Waals surface area contributed by atoms with Gasteiger partial charge in [0, 0.05) is 27.2 Å². The number of methoxy groups -OCH3 is 1. The third-order valence-corrected chi connectivity index (χ3v) is 1.69. The number of hydrogen-bond donors (Lipinski definition) is 1. The van der Waals surface area contributed by atoms with Crippen LogP contribution < -0.4 is 5.73 Å². The molecule has 0 saturated heterocycles. The van der Waals surface area contributed by atoms with E-state index in [0.29, 0.717) is 24.6 Å². The van der Waals surface area contributed by atoms with E-state index in [4.69, 9.17) is 10.5 Å². The topological polar surface area (TPSA) is 55.6 Å². The highest BCUT2D eigenvalue weighted by molar-refractivity contribution is 7.80. The van der Waals surface area contributed by atoms with Crippen LogP contribution in [0.2, 0.25) is 0 Å². The number of carbonyl (C=O) groups is 1. The Morgan fingerprint density at radius 2 is 2.23 bits per heavy atom. The van der Waals surface area contributed by atoms with E-state index in [2.05, 4.69) is 12.2 Å². The number of carbonyl (C=O) groups excluding carboxylic acids is 1. The lowest BCUT2D eigenvalue weighted by molar-refractivity contribution is -0.129. The van der Waals surface area contributed by atoms with Gasteiger partial charge in [0.25, 0.3) is 0 Å². The number of likely N-dealkylation sites (N-methyl/N-ethyl adjacent to an activating group) is 1. The number of rotatable bonds is 6. The van der Waals surface area contributed by atoms with Gasteiger partial charge in [-0.1, -0.05) is 12.2 Å². The van der Waals surface area contributed by atoms with Crippen LogP contribution in [0.5, 0.6) is 0 Å². The van der Waals surface area contributed by atoms with Gasteiger partial charge in [0.2, 0.25) is 5.91 Å². The summed E-state index contributed by atoms with van der Waals surface area (Å²) in [7, 11) is 3.30. The van der Waals surface area contributed by atoms with Gasteiger partial charge in [0.1, 0.15) is 0 Å². The summed E-state index contributed by atoms with van der Waals surface area (Å²) in [5.41, 5.74) is 5.30. The second-order valence-electron chi connectivity index (χ2n) is 2.81. The molecule has 0 bridgehead atoms.